The molecule has 1 N–H and O–H groups in total. The SMILES string of the molecule is CNC(=O)C1CN(C(=O)C2CCc3ccc(OC)cc32)c2ccccc2O1. The lowest BCUT2D eigenvalue weighted by atomic mass is 9.98. The van der Waals surface area contributed by atoms with Crippen LogP contribution >= 0.6 is 0 Å². The highest BCUT2D eigenvalue weighted by Gasteiger charge is 2.38. The Labute approximate surface area is 158 Å². The van der Waals surface area contributed by atoms with Crippen LogP contribution in [0.15, 0.2) is 42.5 Å². The largest absolute Gasteiger partial charge is 0.497 e. The Bertz CT molecular complexity index is 896. The molecule has 2 atom stereocenters. The number of likely N-dealkylation sites (N-methyl/N-ethyl adjacent to an activating group) is 1. The second-order valence-electron chi connectivity index (χ2n) is 6.79. The number of ether oxygens (including phenoxy) is 2. The molecule has 0 spiro atoms. The summed E-state index contributed by atoms with van der Waals surface area (Å²) in [5, 5.41) is 2.61. The molecule has 6 heteroatoms. The fraction of sp³-hybridized carbons (Fsp3) is 0.333. The minimum absolute atomic E-state index is 0.00773. The number of carbonyl (C=O) groups excluding carboxylic acids is 2. The van der Waals surface area contributed by atoms with Gasteiger partial charge in [0.2, 0.25) is 5.91 Å². The first-order chi connectivity index (χ1) is 13.1. The minimum Gasteiger partial charge on any atom is -0.497 e. The molecule has 1 heterocycles. The van der Waals surface area contributed by atoms with Crippen LogP contribution in [0.25, 0.3) is 0 Å². The quantitative estimate of drug-likeness (QED) is 0.905. The van der Waals surface area contributed by atoms with Gasteiger partial charge in [-0.2, -0.15) is 0 Å². The summed E-state index contributed by atoms with van der Waals surface area (Å²) in [6, 6.07) is 13.3. The van der Waals surface area contributed by atoms with Crippen LogP contribution in [0.2, 0.25) is 0 Å². The molecule has 140 valence electrons. The average molecular weight is 366 g/mol. The van der Waals surface area contributed by atoms with E-state index in [4.69, 9.17) is 9.47 Å². The summed E-state index contributed by atoms with van der Waals surface area (Å²) in [5.41, 5.74) is 2.90. The maximum Gasteiger partial charge on any atom is 0.262 e. The molecule has 0 radical (unpaired) electrons. The second-order valence-corrected chi connectivity index (χ2v) is 6.79. The van der Waals surface area contributed by atoms with Gasteiger partial charge in [-0.25, -0.2) is 0 Å². The first kappa shape index (κ1) is 17.4. The number of methoxy groups -OCH3 is 1. The molecule has 0 fully saturated rings. The lowest BCUT2D eigenvalue weighted by Crippen LogP contribution is -2.51. The van der Waals surface area contributed by atoms with Gasteiger partial charge in [0, 0.05) is 7.05 Å². The monoisotopic (exact) mass is 366 g/mol. The van der Waals surface area contributed by atoms with E-state index in [2.05, 4.69) is 5.32 Å². The number of aryl methyl sites for hydroxylation is 1. The fourth-order valence-corrected chi connectivity index (χ4v) is 3.89. The lowest BCUT2D eigenvalue weighted by Gasteiger charge is -2.35. The maximum atomic E-state index is 13.5. The highest BCUT2D eigenvalue weighted by Crippen LogP contribution is 2.40. The number of rotatable bonds is 3. The van der Waals surface area contributed by atoms with Crippen LogP contribution in [0.1, 0.15) is 23.5 Å². The molecule has 2 amide bonds. The normalized spacial score (nSPS) is 20.3. The molecule has 6 nitrogen and oxygen atoms in total. The summed E-state index contributed by atoms with van der Waals surface area (Å²) in [7, 11) is 3.19. The van der Waals surface area contributed by atoms with Crippen molar-refractivity contribution in [3.63, 3.8) is 0 Å². The van der Waals surface area contributed by atoms with Crippen molar-refractivity contribution in [3.8, 4) is 11.5 Å². The van der Waals surface area contributed by atoms with Crippen LogP contribution < -0.4 is 19.7 Å². The highest BCUT2D eigenvalue weighted by molar-refractivity contribution is 6.01. The van der Waals surface area contributed by atoms with E-state index in [1.54, 1.807) is 25.1 Å². The Hall–Kier alpha value is -3.02. The van der Waals surface area contributed by atoms with Crippen molar-refractivity contribution in [1.29, 1.82) is 0 Å². The van der Waals surface area contributed by atoms with Gasteiger partial charge in [0.25, 0.3) is 5.91 Å². The zero-order valence-electron chi connectivity index (χ0n) is 15.4. The number of anilines is 1. The second kappa shape index (κ2) is 6.95. The maximum absolute atomic E-state index is 13.5. The van der Waals surface area contributed by atoms with Crippen LogP contribution in [0.3, 0.4) is 0 Å². The molecular formula is C21H22N2O4. The summed E-state index contributed by atoms with van der Waals surface area (Å²) < 4.78 is 11.1. The van der Waals surface area contributed by atoms with E-state index in [1.807, 2.05) is 36.4 Å². The topological polar surface area (TPSA) is 67.9 Å². The van der Waals surface area contributed by atoms with E-state index < -0.39 is 6.10 Å². The summed E-state index contributed by atoms with van der Waals surface area (Å²) in [6.07, 6.45) is 0.895. The van der Waals surface area contributed by atoms with Gasteiger partial charge in [-0.15, -0.1) is 0 Å². The van der Waals surface area contributed by atoms with Crippen molar-refractivity contribution in [2.45, 2.75) is 24.9 Å². The van der Waals surface area contributed by atoms with Crippen LogP contribution in [0.5, 0.6) is 11.5 Å². The number of hydrogen-bond donors (Lipinski definition) is 1. The summed E-state index contributed by atoms with van der Waals surface area (Å²) in [5.74, 6) is 0.808. The number of para-hydroxylation sites is 2. The van der Waals surface area contributed by atoms with Gasteiger partial charge in [-0.3, -0.25) is 9.59 Å². The van der Waals surface area contributed by atoms with E-state index in [-0.39, 0.29) is 24.3 Å². The Kier molecular flexibility index (Phi) is 4.48. The number of fused-ring (bicyclic) bond motifs is 2. The first-order valence-corrected chi connectivity index (χ1v) is 9.08. The molecular weight excluding hydrogens is 344 g/mol. The van der Waals surface area contributed by atoms with E-state index in [1.165, 1.54) is 5.56 Å². The van der Waals surface area contributed by atoms with Crippen molar-refractivity contribution in [2.24, 2.45) is 0 Å². The van der Waals surface area contributed by atoms with Gasteiger partial charge in [0.15, 0.2) is 6.10 Å². The third-order valence-corrected chi connectivity index (χ3v) is 5.31. The summed E-state index contributed by atoms with van der Waals surface area (Å²) in [4.78, 5) is 27.3. The molecule has 2 aliphatic rings. The van der Waals surface area contributed by atoms with Gasteiger partial charge in [0.05, 0.1) is 25.3 Å². The van der Waals surface area contributed by atoms with Gasteiger partial charge < -0.3 is 19.7 Å². The molecule has 27 heavy (non-hydrogen) atoms. The third kappa shape index (κ3) is 3.01. The van der Waals surface area contributed by atoms with Gasteiger partial charge in [0.1, 0.15) is 11.5 Å². The molecule has 1 aliphatic heterocycles. The van der Waals surface area contributed by atoms with Gasteiger partial charge in [-0.05, 0) is 48.2 Å². The van der Waals surface area contributed by atoms with E-state index in [0.717, 1.165) is 24.2 Å². The third-order valence-electron chi connectivity index (χ3n) is 5.31. The first-order valence-electron chi connectivity index (χ1n) is 9.08. The van der Waals surface area contributed by atoms with Crippen molar-refractivity contribution < 1.29 is 19.1 Å². The Morgan fingerprint density at radius 1 is 1.22 bits per heavy atom. The van der Waals surface area contributed by atoms with Gasteiger partial charge >= 0.3 is 0 Å². The van der Waals surface area contributed by atoms with E-state index in [9.17, 15) is 9.59 Å². The number of nitrogens with one attached hydrogen (secondary N) is 1. The fourth-order valence-electron chi connectivity index (χ4n) is 3.89. The molecule has 2 aromatic carbocycles. The van der Waals surface area contributed by atoms with Crippen molar-refractivity contribution in [2.75, 3.05) is 25.6 Å². The van der Waals surface area contributed by atoms with E-state index >= 15 is 0 Å². The summed E-state index contributed by atoms with van der Waals surface area (Å²) in [6.45, 7) is 0.200. The number of hydrogen-bond acceptors (Lipinski definition) is 4. The number of carbonyl (C=O) groups is 2. The standard InChI is InChI=1S/C21H22N2O4/c1-22-20(24)19-12-23(17-5-3-4-6-18(17)27-19)21(25)15-10-8-13-7-9-14(26-2)11-16(13)15/h3-7,9,11,15,19H,8,10,12H2,1-2H3,(H,22,24). The molecule has 2 unspecified atom stereocenters. The smallest absolute Gasteiger partial charge is 0.262 e. The van der Waals surface area contributed by atoms with Crippen molar-refractivity contribution >= 4 is 17.5 Å². The predicted octanol–water partition coefficient (Wildman–Crippen LogP) is 2.27. The van der Waals surface area contributed by atoms with Crippen LogP contribution in [-0.4, -0.2) is 38.6 Å². The Morgan fingerprint density at radius 2 is 2.04 bits per heavy atom. The van der Waals surface area contributed by atoms with Gasteiger partial charge in [-0.1, -0.05) is 18.2 Å². The zero-order chi connectivity index (χ0) is 19.0. The molecule has 0 aromatic heterocycles. The highest BCUT2D eigenvalue weighted by atomic mass is 16.5. The zero-order valence-corrected chi connectivity index (χ0v) is 15.4. The molecule has 0 saturated heterocycles. The minimum atomic E-state index is -0.722. The molecule has 2 aromatic rings. The van der Waals surface area contributed by atoms with Crippen LogP contribution in [-0.2, 0) is 16.0 Å². The molecule has 1 aliphatic carbocycles. The Balaban J connectivity index is 1.69. The summed E-state index contributed by atoms with van der Waals surface area (Å²) >= 11 is 0. The predicted molar refractivity (Wildman–Crippen MR) is 101 cm³/mol. The molecule has 4 rings (SSSR count). The molecule has 0 saturated carbocycles. The Morgan fingerprint density at radius 3 is 2.81 bits per heavy atom. The van der Waals surface area contributed by atoms with Crippen molar-refractivity contribution in [1.82, 2.24) is 5.32 Å². The number of amides is 2. The number of nitrogens with zero attached hydrogens (tertiary/aromatic N) is 1. The number of benzene rings is 2. The van der Waals surface area contributed by atoms with Crippen molar-refractivity contribution in [3.05, 3.63) is 53.6 Å². The van der Waals surface area contributed by atoms with Crippen LogP contribution in [0, 0.1) is 0 Å². The average Bonchev–Trinajstić information content (AvgIpc) is 3.14. The molecule has 0 bridgehead atoms. The van der Waals surface area contributed by atoms with E-state index in [0.29, 0.717) is 11.4 Å². The lowest BCUT2D eigenvalue weighted by molar-refractivity contribution is -0.128. The van der Waals surface area contributed by atoms with Crippen LogP contribution in [0.4, 0.5) is 5.69 Å².